The van der Waals surface area contributed by atoms with Gasteiger partial charge in [-0.1, -0.05) is 6.08 Å². The van der Waals surface area contributed by atoms with Crippen molar-refractivity contribution >= 4 is 33.2 Å². The summed E-state index contributed by atoms with van der Waals surface area (Å²) in [6.07, 6.45) is 1.71. The van der Waals surface area contributed by atoms with Gasteiger partial charge in [0.15, 0.2) is 0 Å². The fourth-order valence-electron chi connectivity index (χ4n) is 1.10. The maximum Gasteiger partial charge on any atom is 0.328 e. The third-order valence-electron chi connectivity index (χ3n) is 1.78. The van der Waals surface area contributed by atoms with Crippen LogP contribution in [-0.2, 0) is 9.53 Å². The summed E-state index contributed by atoms with van der Waals surface area (Å²) >= 11 is 4.86. The van der Waals surface area contributed by atoms with Gasteiger partial charge in [-0.25, -0.2) is 4.79 Å². The van der Waals surface area contributed by atoms with Crippen LogP contribution in [0.1, 0.15) is 10.9 Å². The van der Waals surface area contributed by atoms with Crippen molar-refractivity contribution in [2.45, 2.75) is 6.04 Å². The molecule has 0 amide bonds. The molecule has 82 valence electrons. The van der Waals surface area contributed by atoms with Crippen molar-refractivity contribution in [1.82, 2.24) is 5.32 Å². The molecule has 0 aliphatic rings. The summed E-state index contributed by atoms with van der Waals surface area (Å²) in [6, 6.07) is 1.49. The third-order valence-corrected chi connectivity index (χ3v) is 3.53. The highest BCUT2D eigenvalue weighted by molar-refractivity contribution is 9.10. The minimum Gasteiger partial charge on any atom is -0.468 e. The summed E-state index contributed by atoms with van der Waals surface area (Å²) in [5.74, 6) is -0.286. The van der Waals surface area contributed by atoms with Crippen LogP contribution < -0.4 is 5.32 Å². The molecule has 1 heterocycles. The second-order valence-corrected chi connectivity index (χ2v) is 4.68. The first-order chi connectivity index (χ1) is 7.19. The topological polar surface area (TPSA) is 38.3 Å². The third kappa shape index (κ3) is 3.44. The number of hydrogen-bond acceptors (Lipinski definition) is 4. The summed E-state index contributed by atoms with van der Waals surface area (Å²) in [4.78, 5) is 12.4. The minimum absolute atomic E-state index is 0.286. The number of halogens is 1. The van der Waals surface area contributed by atoms with Crippen LogP contribution in [-0.4, -0.2) is 19.6 Å². The summed E-state index contributed by atoms with van der Waals surface area (Å²) < 4.78 is 5.70. The van der Waals surface area contributed by atoms with Gasteiger partial charge in [0.2, 0.25) is 0 Å². The number of thiophene rings is 1. The predicted octanol–water partition coefficient (Wildman–Crippen LogP) is 2.50. The van der Waals surface area contributed by atoms with Crippen LogP contribution in [0.2, 0.25) is 0 Å². The average Bonchev–Trinajstić information content (AvgIpc) is 2.65. The molecule has 0 aromatic carbocycles. The van der Waals surface area contributed by atoms with Gasteiger partial charge in [-0.05, 0) is 22.0 Å². The molecule has 1 aromatic heterocycles. The van der Waals surface area contributed by atoms with E-state index in [9.17, 15) is 4.79 Å². The Morgan fingerprint density at radius 1 is 1.87 bits per heavy atom. The first kappa shape index (κ1) is 12.4. The van der Waals surface area contributed by atoms with Crippen LogP contribution >= 0.6 is 27.3 Å². The van der Waals surface area contributed by atoms with E-state index in [1.54, 1.807) is 6.08 Å². The largest absolute Gasteiger partial charge is 0.468 e. The van der Waals surface area contributed by atoms with Crippen molar-refractivity contribution < 1.29 is 9.53 Å². The minimum atomic E-state index is -0.413. The first-order valence-corrected chi connectivity index (χ1v) is 6.02. The molecule has 0 bridgehead atoms. The lowest BCUT2D eigenvalue weighted by Gasteiger charge is -2.13. The van der Waals surface area contributed by atoms with Gasteiger partial charge in [0.1, 0.15) is 6.04 Å². The monoisotopic (exact) mass is 289 g/mol. The molecule has 1 unspecified atom stereocenters. The van der Waals surface area contributed by atoms with E-state index in [4.69, 9.17) is 4.74 Å². The number of esters is 1. The molecule has 1 N–H and O–H groups in total. The molecule has 15 heavy (non-hydrogen) atoms. The van der Waals surface area contributed by atoms with Gasteiger partial charge in [-0.2, -0.15) is 0 Å². The average molecular weight is 290 g/mol. The van der Waals surface area contributed by atoms with E-state index in [2.05, 4.69) is 27.8 Å². The highest BCUT2D eigenvalue weighted by atomic mass is 79.9. The van der Waals surface area contributed by atoms with Crippen molar-refractivity contribution in [3.8, 4) is 0 Å². The quantitative estimate of drug-likeness (QED) is 0.669. The Kier molecular flexibility index (Phi) is 5.01. The van der Waals surface area contributed by atoms with Crippen LogP contribution in [0.15, 0.2) is 28.6 Å². The van der Waals surface area contributed by atoms with Gasteiger partial charge >= 0.3 is 5.97 Å². The second kappa shape index (κ2) is 6.05. The zero-order chi connectivity index (χ0) is 11.3. The number of ether oxygens (including phenoxy) is 1. The lowest BCUT2D eigenvalue weighted by atomic mass is 10.2. The molecule has 0 spiro atoms. The maximum absolute atomic E-state index is 11.5. The summed E-state index contributed by atoms with van der Waals surface area (Å²) in [7, 11) is 1.38. The molecule has 1 atom stereocenters. The van der Waals surface area contributed by atoms with Crippen LogP contribution in [0, 0.1) is 0 Å². The highest BCUT2D eigenvalue weighted by Gasteiger charge is 2.21. The van der Waals surface area contributed by atoms with Crippen molar-refractivity contribution in [3.63, 3.8) is 0 Å². The number of rotatable bonds is 5. The van der Waals surface area contributed by atoms with E-state index in [0.717, 1.165) is 9.35 Å². The molecule has 1 rings (SSSR count). The standard InChI is InChI=1S/C10H12BrNO2S/c1-3-4-12-9(10(13)14-2)8-5-7(11)6-15-8/h3,5-6,9,12H,1,4H2,2H3. The SMILES string of the molecule is C=CCNC(C(=O)OC)c1cc(Br)cs1. The second-order valence-electron chi connectivity index (χ2n) is 2.82. The zero-order valence-electron chi connectivity index (χ0n) is 8.33. The van der Waals surface area contributed by atoms with E-state index in [0.29, 0.717) is 6.54 Å². The first-order valence-electron chi connectivity index (χ1n) is 4.35. The van der Waals surface area contributed by atoms with E-state index in [-0.39, 0.29) is 5.97 Å². The molecule has 0 radical (unpaired) electrons. The number of carbonyl (C=O) groups excluding carboxylic acids is 1. The summed E-state index contributed by atoms with van der Waals surface area (Å²) in [5, 5.41) is 4.98. The number of carbonyl (C=O) groups is 1. The molecule has 0 fully saturated rings. The fourth-order valence-corrected chi connectivity index (χ4v) is 2.60. The van der Waals surface area contributed by atoms with Gasteiger partial charge in [-0.3, -0.25) is 5.32 Å². The van der Waals surface area contributed by atoms with E-state index >= 15 is 0 Å². The van der Waals surface area contributed by atoms with E-state index in [1.165, 1.54) is 18.4 Å². The van der Waals surface area contributed by atoms with Gasteiger partial charge in [0.25, 0.3) is 0 Å². The van der Waals surface area contributed by atoms with Gasteiger partial charge in [-0.15, -0.1) is 17.9 Å². The fraction of sp³-hybridized carbons (Fsp3) is 0.300. The van der Waals surface area contributed by atoms with Crippen LogP contribution in [0.25, 0.3) is 0 Å². The van der Waals surface area contributed by atoms with E-state index < -0.39 is 6.04 Å². The number of methoxy groups -OCH3 is 1. The van der Waals surface area contributed by atoms with E-state index in [1.807, 2.05) is 11.4 Å². The zero-order valence-corrected chi connectivity index (χ0v) is 10.7. The lowest BCUT2D eigenvalue weighted by molar-refractivity contribution is -0.143. The Morgan fingerprint density at radius 3 is 3.07 bits per heavy atom. The number of hydrogen-bond donors (Lipinski definition) is 1. The summed E-state index contributed by atoms with van der Waals surface area (Å²) in [5.41, 5.74) is 0. The van der Waals surface area contributed by atoms with Crippen molar-refractivity contribution in [3.05, 3.63) is 33.5 Å². The molecule has 3 nitrogen and oxygen atoms in total. The Morgan fingerprint density at radius 2 is 2.60 bits per heavy atom. The molecule has 0 saturated carbocycles. The van der Waals surface area contributed by atoms with Crippen molar-refractivity contribution in [2.24, 2.45) is 0 Å². The molecule has 0 aliphatic heterocycles. The number of nitrogens with one attached hydrogen (secondary N) is 1. The van der Waals surface area contributed by atoms with Crippen molar-refractivity contribution in [1.29, 1.82) is 0 Å². The predicted molar refractivity (Wildman–Crippen MR) is 65.0 cm³/mol. The van der Waals surface area contributed by atoms with Crippen LogP contribution in [0.3, 0.4) is 0 Å². The lowest BCUT2D eigenvalue weighted by Crippen LogP contribution is -2.28. The molecule has 0 aliphatic carbocycles. The summed E-state index contributed by atoms with van der Waals surface area (Å²) in [6.45, 7) is 4.16. The molecule has 1 aromatic rings. The Bertz CT molecular complexity index is 351. The van der Waals surface area contributed by atoms with Gasteiger partial charge in [0, 0.05) is 21.3 Å². The van der Waals surface area contributed by atoms with Gasteiger partial charge in [0.05, 0.1) is 7.11 Å². The Labute approximate surface area is 101 Å². The Balaban J connectivity index is 2.80. The normalized spacial score (nSPS) is 12.1. The molecule has 5 heteroatoms. The van der Waals surface area contributed by atoms with Gasteiger partial charge < -0.3 is 4.74 Å². The van der Waals surface area contributed by atoms with Crippen LogP contribution in [0.5, 0.6) is 0 Å². The smallest absolute Gasteiger partial charge is 0.328 e. The highest BCUT2D eigenvalue weighted by Crippen LogP contribution is 2.26. The molecular formula is C10H12BrNO2S. The Hall–Kier alpha value is -0.650. The maximum atomic E-state index is 11.5. The molecule has 0 saturated heterocycles. The van der Waals surface area contributed by atoms with Crippen molar-refractivity contribution in [2.75, 3.05) is 13.7 Å². The molecular weight excluding hydrogens is 278 g/mol. The van der Waals surface area contributed by atoms with Crippen LogP contribution in [0.4, 0.5) is 0 Å².